The van der Waals surface area contributed by atoms with Gasteiger partial charge in [-0.2, -0.15) is 0 Å². The highest BCUT2D eigenvalue weighted by Crippen LogP contribution is 2.10. The molecule has 2 rings (SSSR count). The van der Waals surface area contributed by atoms with Gasteiger partial charge in [0.15, 0.2) is 0 Å². The summed E-state index contributed by atoms with van der Waals surface area (Å²) in [5.74, 6) is 0.792. The summed E-state index contributed by atoms with van der Waals surface area (Å²) >= 11 is 0. The molecule has 0 fully saturated rings. The third-order valence-corrected chi connectivity index (χ3v) is 2.38. The van der Waals surface area contributed by atoms with Crippen molar-refractivity contribution in [3.63, 3.8) is 0 Å². The number of aryl methyl sites for hydroxylation is 1. The van der Waals surface area contributed by atoms with Crippen LogP contribution < -0.4 is 5.73 Å². The Morgan fingerprint density at radius 3 is 3.00 bits per heavy atom. The summed E-state index contributed by atoms with van der Waals surface area (Å²) in [6.07, 6.45) is 2.69. The van der Waals surface area contributed by atoms with Crippen LogP contribution in [0.15, 0.2) is 16.8 Å². The van der Waals surface area contributed by atoms with Gasteiger partial charge in [0.2, 0.25) is 0 Å². The zero-order valence-corrected chi connectivity index (χ0v) is 9.42. The fourth-order valence-corrected chi connectivity index (χ4v) is 1.43. The van der Waals surface area contributed by atoms with Gasteiger partial charge in [-0.15, -0.1) is 5.10 Å². The van der Waals surface area contributed by atoms with Crippen LogP contribution >= 0.6 is 0 Å². The first kappa shape index (κ1) is 10.8. The number of nitrogens with two attached hydrogens (primary N) is 1. The molecular weight excluding hydrogens is 206 g/mol. The number of hydrogen-bond donors (Lipinski definition) is 1. The second-order valence-electron chi connectivity index (χ2n) is 3.78. The summed E-state index contributed by atoms with van der Waals surface area (Å²) in [4.78, 5) is 0. The van der Waals surface area contributed by atoms with Gasteiger partial charge in [-0.3, -0.25) is 0 Å². The molecule has 0 bridgehead atoms. The number of aromatic nitrogens is 4. The maximum absolute atomic E-state index is 5.86. The zero-order valence-electron chi connectivity index (χ0n) is 9.42. The maximum atomic E-state index is 5.86. The molecule has 0 spiro atoms. The first-order chi connectivity index (χ1) is 7.69. The van der Waals surface area contributed by atoms with Gasteiger partial charge in [-0.1, -0.05) is 17.3 Å². The topological polar surface area (TPSA) is 82.8 Å². The van der Waals surface area contributed by atoms with Crippen molar-refractivity contribution in [3.8, 4) is 0 Å². The van der Waals surface area contributed by atoms with Gasteiger partial charge in [0.25, 0.3) is 0 Å². The van der Waals surface area contributed by atoms with Crippen molar-refractivity contribution < 1.29 is 4.52 Å². The molecule has 1 atom stereocenters. The van der Waals surface area contributed by atoms with Gasteiger partial charge in [0.1, 0.15) is 11.5 Å². The number of hydrogen-bond acceptors (Lipinski definition) is 5. The maximum Gasteiger partial charge on any atom is 0.133 e. The van der Waals surface area contributed by atoms with Crippen molar-refractivity contribution in [2.45, 2.75) is 32.9 Å². The van der Waals surface area contributed by atoms with E-state index in [-0.39, 0.29) is 6.04 Å². The van der Waals surface area contributed by atoms with E-state index in [1.807, 2.05) is 26.1 Å². The number of nitrogens with zero attached hydrogens (tertiary/aromatic N) is 4. The van der Waals surface area contributed by atoms with Crippen LogP contribution in [0.4, 0.5) is 0 Å². The molecule has 2 aromatic heterocycles. The van der Waals surface area contributed by atoms with Crippen LogP contribution in [-0.2, 0) is 6.54 Å². The lowest BCUT2D eigenvalue weighted by molar-refractivity contribution is 0.387. The molecule has 0 saturated heterocycles. The van der Waals surface area contributed by atoms with Crippen LogP contribution in [0.3, 0.4) is 0 Å². The molecule has 0 aliphatic carbocycles. The molecule has 2 aromatic rings. The Bertz CT molecular complexity index is 461. The van der Waals surface area contributed by atoms with Crippen molar-refractivity contribution in [1.29, 1.82) is 0 Å². The van der Waals surface area contributed by atoms with Crippen molar-refractivity contribution in [1.82, 2.24) is 20.2 Å². The molecule has 86 valence electrons. The molecule has 16 heavy (non-hydrogen) atoms. The van der Waals surface area contributed by atoms with Crippen molar-refractivity contribution in [2.75, 3.05) is 0 Å². The van der Waals surface area contributed by atoms with E-state index in [9.17, 15) is 0 Å². The van der Waals surface area contributed by atoms with E-state index in [4.69, 9.17) is 10.3 Å². The predicted octanol–water partition coefficient (Wildman–Crippen LogP) is 1.03. The third-order valence-electron chi connectivity index (χ3n) is 2.38. The lowest BCUT2D eigenvalue weighted by Gasteiger charge is -2.01. The molecule has 0 amide bonds. The minimum atomic E-state index is -0.0483. The zero-order chi connectivity index (χ0) is 11.5. The average molecular weight is 221 g/mol. The Morgan fingerprint density at radius 1 is 1.56 bits per heavy atom. The largest absolute Gasteiger partial charge is 0.361 e. The highest BCUT2D eigenvalue weighted by molar-refractivity contribution is 5.05. The molecule has 0 aromatic carbocycles. The summed E-state index contributed by atoms with van der Waals surface area (Å²) in [6, 6.07) is 1.83. The molecule has 0 saturated carbocycles. The predicted molar refractivity (Wildman–Crippen MR) is 57.6 cm³/mol. The van der Waals surface area contributed by atoms with Gasteiger partial charge < -0.3 is 10.3 Å². The highest BCUT2D eigenvalue weighted by atomic mass is 16.5. The van der Waals surface area contributed by atoms with E-state index >= 15 is 0 Å². The standard InChI is InChI=1S/C10H15N5O/c1-3-9(11)10-6-15(14-12-10)5-8-4-7(2)16-13-8/h4,6,9H,3,5,11H2,1-2H3. The lowest BCUT2D eigenvalue weighted by atomic mass is 10.2. The van der Waals surface area contributed by atoms with E-state index in [1.54, 1.807) is 4.68 Å². The summed E-state index contributed by atoms with van der Waals surface area (Å²) in [5, 5.41) is 11.9. The second-order valence-corrected chi connectivity index (χ2v) is 3.78. The molecule has 1 unspecified atom stereocenters. The molecule has 0 aliphatic rings. The summed E-state index contributed by atoms with van der Waals surface area (Å²) in [5.41, 5.74) is 7.50. The SMILES string of the molecule is CCC(N)c1cn(Cc2cc(C)on2)nn1. The van der Waals surface area contributed by atoms with Gasteiger partial charge in [-0.05, 0) is 13.3 Å². The molecule has 6 nitrogen and oxygen atoms in total. The van der Waals surface area contributed by atoms with Crippen LogP contribution in [0.1, 0.15) is 36.5 Å². The van der Waals surface area contributed by atoms with Crippen molar-refractivity contribution in [3.05, 3.63) is 29.4 Å². The normalized spacial score (nSPS) is 12.9. The summed E-state index contributed by atoms with van der Waals surface area (Å²) in [6.45, 7) is 4.43. The van der Waals surface area contributed by atoms with E-state index in [0.717, 1.165) is 23.6 Å². The van der Waals surface area contributed by atoms with Crippen molar-refractivity contribution >= 4 is 0 Å². The first-order valence-electron chi connectivity index (χ1n) is 5.27. The first-order valence-corrected chi connectivity index (χ1v) is 5.27. The van der Waals surface area contributed by atoms with Crippen LogP contribution in [-0.4, -0.2) is 20.2 Å². The Hall–Kier alpha value is -1.69. The Kier molecular flexibility index (Phi) is 3.00. The summed E-state index contributed by atoms with van der Waals surface area (Å²) in [7, 11) is 0. The van der Waals surface area contributed by atoms with Gasteiger partial charge in [0, 0.05) is 6.07 Å². The molecule has 6 heteroatoms. The Morgan fingerprint density at radius 2 is 2.38 bits per heavy atom. The lowest BCUT2D eigenvalue weighted by Crippen LogP contribution is -2.08. The molecule has 0 aliphatic heterocycles. The van der Waals surface area contributed by atoms with Gasteiger partial charge >= 0.3 is 0 Å². The van der Waals surface area contributed by atoms with Gasteiger partial charge in [0.05, 0.1) is 24.5 Å². The minimum absolute atomic E-state index is 0.0483. The fourth-order valence-electron chi connectivity index (χ4n) is 1.43. The van der Waals surface area contributed by atoms with E-state index in [0.29, 0.717) is 6.54 Å². The molecule has 2 heterocycles. The Labute approximate surface area is 93.4 Å². The van der Waals surface area contributed by atoms with E-state index < -0.39 is 0 Å². The Balaban J connectivity index is 2.08. The monoisotopic (exact) mass is 221 g/mol. The number of rotatable bonds is 4. The van der Waals surface area contributed by atoms with Gasteiger partial charge in [-0.25, -0.2) is 4.68 Å². The molecular formula is C10H15N5O. The van der Waals surface area contributed by atoms with E-state index in [1.165, 1.54) is 0 Å². The van der Waals surface area contributed by atoms with Crippen LogP contribution in [0, 0.1) is 6.92 Å². The fraction of sp³-hybridized carbons (Fsp3) is 0.500. The van der Waals surface area contributed by atoms with Crippen LogP contribution in [0.2, 0.25) is 0 Å². The van der Waals surface area contributed by atoms with Crippen LogP contribution in [0.5, 0.6) is 0 Å². The van der Waals surface area contributed by atoms with E-state index in [2.05, 4.69) is 15.5 Å². The average Bonchev–Trinajstić information content (AvgIpc) is 2.87. The molecule has 2 N–H and O–H groups in total. The minimum Gasteiger partial charge on any atom is -0.361 e. The molecule has 0 radical (unpaired) electrons. The van der Waals surface area contributed by atoms with Crippen molar-refractivity contribution in [2.24, 2.45) is 5.73 Å². The quantitative estimate of drug-likeness (QED) is 0.833. The highest BCUT2D eigenvalue weighted by Gasteiger charge is 2.09. The third kappa shape index (κ3) is 2.27. The summed E-state index contributed by atoms with van der Waals surface area (Å²) < 4.78 is 6.69. The van der Waals surface area contributed by atoms with Crippen LogP contribution in [0.25, 0.3) is 0 Å². The smallest absolute Gasteiger partial charge is 0.133 e. The second kappa shape index (κ2) is 4.44.